The highest BCUT2D eigenvalue weighted by Crippen LogP contribution is 2.10. The molecule has 3 N–H and O–H groups in total. The molecule has 0 radical (unpaired) electrons. The van der Waals surface area contributed by atoms with Gasteiger partial charge in [-0.15, -0.1) is 12.4 Å². The van der Waals surface area contributed by atoms with E-state index in [4.69, 9.17) is 22.4 Å². The first kappa shape index (κ1) is 12.7. The lowest BCUT2D eigenvalue weighted by atomic mass is 10.1. The summed E-state index contributed by atoms with van der Waals surface area (Å²) in [5.41, 5.74) is 6.66. The minimum absolute atomic E-state index is 0. The van der Waals surface area contributed by atoms with Crippen molar-refractivity contribution in [1.82, 2.24) is 0 Å². The average Bonchev–Trinajstić information content (AvgIpc) is 2.09. The molecule has 13 heavy (non-hydrogen) atoms. The van der Waals surface area contributed by atoms with Gasteiger partial charge in [0.2, 0.25) is 0 Å². The Morgan fingerprint density at radius 1 is 1.31 bits per heavy atom. The molecule has 0 aromatic heterocycles. The van der Waals surface area contributed by atoms with E-state index < -0.39 is 0 Å². The molecule has 0 spiro atoms. The Labute approximate surface area is 89.1 Å². The van der Waals surface area contributed by atoms with E-state index in [1.54, 1.807) is 0 Å². The molecule has 1 aromatic rings. The van der Waals surface area contributed by atoms with E-state index in [1.165, 1.54) is 0 Å². The van der Waals surface area contributed by atoms with Gasteiger partial charge < -0.3 is 10.8 Å². The number of aliphatic hydroxyl groups is 1. The van der Waals surface area contributed by atoms with Crippen LogP contribution in [0.25, 0.3) is 0 Å². The van der Waals surface area contributed by atoms with E-state index in [9.17, 15) is 0 Å². The van der Waals surface area contributed by atoms with Crippen molar-refractivity contribution in [3.8, 4) is 0 Å². The summed E-state index contributed by atoms with van der Waals surface area (Å²) in [5.74, 6) is 0. The molecule has 0 fully saturated rings. The predicted octanol–water partition coefficient (Wildman–Crippen LogP) is 1.62. The zero-order chi connectivity index (χ0) is 8.97. The van der Waals surface area contributed by atoms with Crippen molar-refractivity contribution < 1.29 is 5.11 Å². The minimum atomic E-state index is -0.175. The van der Waals surface area contributed by atoms with Crippen LogP contribution in [0.4, 0.5) is 0 Å². The lowest BCUT2D eigenvalue weighted by Crippen LogP contribution is -2.26. The van der Waals surface area contributed by atoms with Crippen LogP contribution in [-0.4, -0.2) is 17.8 Å². The van der Waals surface area contributed by atoms with Gasteiger partial charge in [0.15, 0.2) is 0 Å². The van der Waals surface area contributed by atoms with E-state index in [0.29, 0.717) is 6.42 Å². The predicted molar refractivity (Wildman–Crippen MR) is 57.5 cm³/mol. The van der Waals surface area contributed by atoms with Crippen molar-refractivity contribution in [3.63, 3.8) is 0 Å². The zero-order valence-electron chi connectivity index (χ0n) is 7.11. The van der Waals surface area contributed by atoms with Crippen LogP contribution in [0.15, 0.2) is 24.3 Å². The first-order chi connectivity index (χ1) is 5.72. The number of rotatable bonds is 3. The third-order valence-corrected chi connectivity index (χ3v) is 1.90. The monoisotopic (exact) mass is 221 g/mol. The number of hydrogen-bond donors (Lipinski definition) is 2. The van der Waals surface area contributed by atoms with Crippen molar-refractivity contribution in [2.24, 2.45) is 5.73 Å². The molecule has 1 atom stereocenters. The Bertz CT molecular complexity index is 238. The van der Waals surface area contributed by atoms with Gasteiger partial charge in [-0.05, 0) is 24.1 Å². The van der Waals surface area contributed by atoms with E-state index >= 15 is 0 Å². The second kappa shape index (κ2) is 6.22. The maximum absolute atomic E-state index is 8.70. The van der Waals surface area contributed by atoms with Gasteiger partial charge in [0, 0.05) is 11.1 Å². The Morgan fingerprint density at radius 3 is 2.31 bits per heavy atom. The van der Waals surface area contributed by atoms with Crippen LogP contribution in [0.3, 0.4) is 0 Å². The molecule has 0 aliphatic heterocycles. The van der Waals surface area contributed by atoms with Gasteiger partial charge in [-0.1, -0.05) is 23.7 Å². The normalized spacial score (nSPS) is 11.9. The molecule has 1 rings (SSSR count). The van der Waals surface area contributed by atoms with Crippen molar-refractivity contribution >= 4 is 24.0 Å². The standard InChI is InChI=1S/C9H12ClNO.ClH/c10-8-3-1-7(2-4-8)5-9(11)6-12;/h1-4,9,12H,5-6,11H2;1H/t9-;/m0./s1. The maximum atomic E-state index is 8.70. The molecule has 0 amide bonds. The molecule has 0 saturated heterocycles. The summed E-state index contributed by atoms with van der Waals surface area (Å²) in [6.45, 7) is 0.0165. The largest absolute Gasteiger partial charge is 0.395 e. The van der Waals surface area contributed by atoms with Gasteiger partial charge in [-0.25, -0.2) is 0 Å². The summed E-state index contributed by atoms with van der Waals surface area (Å²) in [6.07, 6.45) is 0.688. The quantitative estimate of drug-likeness (QED) is 0.816. The topological polar surface area (TPSA) is 46.2 Å². The molecular formula is C9H13Cl2NO. The van der Waals surface area contributed by atoms with Crippen LogP contribution >= 0.6 is 24.0 Å². The lowest BCUT2D eigenvalue weighted by molar-refractivity contribution is 0.265. The smallest absolute Gasteiger partial charge is 0.0585 e. The van der Waals surface area contributed by atoms with E-state index in [0.717, 1.165) is 10.6 Å². The fraction of sp³-hybridized carbons (Fsp3) is 0.333. The third kappa shape index (κ3) is 4.48. The van der Waals surface area contributed by atoms with Crippen LogP contribution in [0.5, 0.6) is 0 Å². The summed E-state index contributed by atoms with van der Waals surface area (Å²) in [5, 5.41) is 9.42. The SMILES string of the molecule is Cl.N[C@H](CO)Cc1ccc(Cl)cc1. The van der Waals surface area contributed by atoms with Gasteiger partial charge in [-0.2, -0.15) is 0 Å². The summed E-state index contributed by atoms with van der Waals surface area (Å²) >= 11 is 5.70. The van der Waals surface area contributed by atoms with Gasteiger partial charge in [0.1, 0.15) is 0 Å². The first-order valence-electron chi connectivity index (χ1n) is 3.83. The second-order valence-electron chi connectivity index (χ2n) is 2.77. The average molecular weight is 222 g/mol. The Hall–Kier alpha value is -0.280. The molecule has 2 nitrogen and oxygen atoms in total. The molecule has 74 valence electrons. The van der Waals surface area contributed by atoms with Crippen LogP contribution < -0.4 is 5.73 Å². The van der Waals surface area contributed by atoms with Gasteiger partial charge in [0.05, 0.1) is 6.61 Å². The summed E-state index contributed by atoms with van der Waals surface area (Å²) in [4.78, 5) is 0. The molecule has 0 unspecified atom stereocenters. The molecule has 0 saturated carbocycles. The van der Waals surface area contributed by atoms with E-state index in [2.05, 4.69) is 0 Å². The fourth-order valence-corrected chi connectivity index (χ4v) is 1.11. The number of halogens is 2. The maximum Gasteiger partial charge on any atom is 0.0585 e. The van der Waals surface area contributed by atoms with Gasteiger partial charge >= 0.3 is 0 Å². The van der Waals surface area contributed by atoms with Crippen molar-refractivity contribution in [2.45, 2.75) is 12.5 Å². The number of hydrogen-bond acceptors (Lipinski definition) is 2. The highest BCUT2D eigenvalue weighted by molar-refractivity contribution is 6.30. The highest BCUT2D eigenvalue weighted by Gasteiger charge is 2.01. The second-order valence-corrected chi connectivity index (χ2v) is 3.21. The van der Waals surface area contributed by atoms with Crippen LogP contribution in [0, 0.1) is 0 Å². The minimum Gasteiger partial charge on any atom is -0.395 e. The van der Waals surface area contributed by atoms with Crippen molar-refractivity contribution in [3.05, 3.63) is 34.9 Å². The van der Waals surface area contributed by atoms with Crippen LogP contribution in [-0.2, 0) is 6.42 Å². The number of benzene rings is 1. The summed E-state index contributed by atoms with van der Waals surface area (Å²) < 4.78 is 0. The lowest BCUT2D eigenvalue weighted by Gasteiger charge is -2.07. The van der Waals surface area contributed by atoms with E-state index in [1.807, 2.05) is 24.3 Å². The molecule has 0 bridgehead atoms. The molecular weight excluding hydrogens is 209 g/mol. The van der Waals surface area contributed by atoms with Gasteiger partial charge in [-0.3, -0.25) is 0 Å². The van der Waals surface area contributed by atoms with E-state index in [-0.39, 0.29) is 25.1 Å². The van der Waals surface area contributed by atoms with Gasteiger partial charge in [0.25, 0.3) is 0 Å². The molecule has 4 heteroatoms. The van der Waals surface area contributed by atoms with Crippen LogP contribution in [0.2, 0.25) is 5.02 Å². The summed E-state index contributed by atoms with van der Waals surface area (Å²) in [7, 11) is 0. The first-order valence-corrected chi connectivity index (χ1v) is 4.21. The highest BCUT2D eigenvalue weighted by atomic mass is 35.5. The Kier molecular flexibility index (Phi) is 6.08. The molecule has 0 aliphatic carbocycles. The molecule has 1 aromatic carbocycles. The van der Waals surface area contributed by atoms with Crippen LogP contribution in [0.1, 0.15) is 5.56 Å². The van der Waals surface area contributed by atoms with Crippen molar-refractivity contribution in [1.29, 1.82) is 0 Å². The Morgan fingerprint density at radius 2 is 1.85 bits per heavy atom. The Balaban J connectivity index is 0.00000144. The number of aliphatic hydroxyl groups excluding tert-OH is 1. The zero-order valence-corrected chi connectivity index (χ0v) is 8.68. The number of nitrogens with two attached hydrogens (primary N) is 1. The molecule has 0 heterocycles. The third-order valence-electron chi connectivity index (χ3n) is 1.65. The van der Waals surface area contributed by atoms with Crippen molar-refractivity contribution in [2.75, 3.05) is 6.61 Å². The summed E-state index contributed by atoms with van der Waals surface area (Å²) in [6, 6.07) is 7.30. The molecule has 0 aliphatic rings. The fourth-order valence-electron chi connectivity index (χ4n) is 0.988.